The number of rotatable bonds is 3. The first-order valence-corrected chi connectivity index (χ1v) is 7.18. The summed E-state index contributed by atoms with van der Waals surface area (Å²) in [6.07, 6.45) is 0. The molecule has 2 nitrogen and oxygen atoms in total. The molecule has 1 N–H and O–H groups in total. The largest absolute Gasteiger partial charge is 0.354 e. The third-order valence-corrected chi connectivity index (χ3v) is 4.26. The fourth-order valence-electron chi connectivity index (χ4n) is 2.40. The molecule has 1 heterocycles. The van der Waals surface area contributed by atoms with Gasteiger partial charge in [0.05, 0.1) is 21.3 Å². The highest BCUT2D eigenvalue weighted by atomic mass is 32.1. The van der Waals surface area contributed by atoms with E-state index in [0.29, 0.717) is 0 Å². The van der Waals surface area contributed by atoms with Gasteiger partial charge < -0.3 is 5.32 Å². The second kappa shape index (κ2) is 5.17. The van der Waals surface area contributed by atoms with E-state index in [1.165, 1.54) is 16.7 Å². The summed E-state index contributed by atoms with van der Waals surface area (Å²) in [7, 11) is 0. The molecule has 0 unspecified atom stereocenters. The van der Waals surface area contributed by atoms with E-state index in [4.69, 9.17) is 0 Å². The number of hydrogen-bond acceptors (Lipinski definition) is 3. The summed E-state index contributed by atoms with van der Waals surface area (Å²) >= 11 is 1.68. The molecule has 0 bridgehead atoms. The van der Waals surface area contributed by atoms with Gasteiger partial charge in [0.2, 0.25) is 0 Å². The van der Waals surface area contributed by atoms with Crippen LogP contribution in [0.1, 0.15) is 32.3 Å². The van der Waals surface area contributed by atoms with Crippen molar-refractivity contribution >= 4 is 22.7 Å². The van der Waals surface area contributed by atoms with Crippen LogP contribution in [0.2, 0.25) is 0 Å². The van der Waals surface area contributed by atoms with Gasteiger partial charge in [-0.2, -0.15) is 0 Å². The lowest BCUT2D eigenvalue weighted by Crippen LogP contribution is -2.01. The summed E-state index contributed by atoms with van der Waals surface area (Å²) < 4.78 is 0. The Balaban J connectivity index is 2.32. The molecule has 1 aromatic carbocycles. The smallest absolute Gasteiger partial charge is 0.0904 e. The van der Waals surface area contributed by atoms with Crippen molar-refractivity contribution < 1.29 is 0 Å². The SMILES string of the molecule is C=C(Nc1c(C)cc(C)cc1C)c1sc(C)nc1C. The van der Waals surface area contributed by atoms with Crippen LogP contribution in [0.3, 0.4) is 0 Å². The topological polar surface area (TPSA) is 24.9 Å². The van der Waals surface area contributed by atoms with Crippen LogP contribution in [-0.4, -0.2) is 4.98 Å². The predicted octanol–water partition coefficient (Wildman–Crippen LogP) is 4.77. The maximum absolute atomic E-state index is 4.45. The van der Waals surface area contributed by atoms with Crippen molar-refractivity contribution in [2.24, 2.45) is 0 Å². The lowest BCUT2D eigenvalue weighted by atomic mass is 10.0. The third-order valence-electron chi connectivity index (χ3n) is 3.13. The number of aryl methyl sites for hydroxylation is 5. The molecule has 3 heteroatoms. The zero-order valence-corrected chi connectivity index (χ0v) is 13.0. The minimum Gasteiger partial charge on any atom is -0.354 e. The maximum Gasteiger partial charge on any atom is 0.0904 e. The van der Waals surface area contributed by atoms with Crippen molar-refractivity contribution in [3.05, 3.63) is 51.0 Å². The molecule has 0 aliphatic rings. The Hall–Kier alpha value is -1.61. The van der Waals surface area contributed by atoms with Crippen LogP contribution < -0.4 is 5.32 Å². The van der Waals surface area contributed by atoms with Crippen molar-refractivity contribution in [2.75, 3.05) is 5.32 Å². The molecule has 0 spiro atoms. The van der Waals surface area contributed by atoms with Gasteiger partial charge in [-0.15, -0.1) is 11.3 Å². The van der Waals surface area contributed by atoms with E-state index in [0.717, 1.165) is 27.0 Å². The number of nitrogens with one attached hydrogen (secondary N) is 1. The summed E-state index contributed by atoms with van der Waals surface area (Å²) in [6, 6.07) is 4.38. The molecule has 0 aliphatic heterocycles. The minimum atomic E-state index is 0.929. The molecule has 19 heavy (non-hydrogen) atoms. The Morgan fingerprint density at radius 1 is 1.11 bits per heavy atom. The fourth-order valence-corrected chi connectivity index (χ4v) is 3.24. The van der Waals surface area contributed by atoms with Gasteiger partial charge in [-0.25, -0.2) is 4.98 Å². The number of nitrogens with zero attached hydrogens (tertiary/aromatic N) is 1. The molecule has 2 rings (SSSR count). The Bertz CT molecular complexity index is 615. The van der Waals surface area contributed by atoms with Gasteiger partial charge in [0.1, 0.15) is 0 Å². The highest BCUT2D eigenvalue weighted by Gasteiger charge is 2.11. The van der Waals surface area contributed by atoms with Crippen molar-refractivity contribution in [1.29, 1.82) is 0 Å². The van der Waals surface area contributed by atoms with Crippen LogP contribution in [0.25, 0.3) is 5.70 Å². The zero-order chi connectivity index (χ0) is 14.2. The van der Waals surface area contributed by atoms with E-state index < -0.39 is 0 Å². The van der Waals surface area contributed by atoms with Gasteiger partial charge in [-0.1, -0.05) is 24.3 Å². The number of hydrogen-bond donors (Lipinski definition) is 1. The average molecular weight is 272 g/mol. The van der Waals surface area contributed by atoms with Crippen molar-refractivity contribution in [2.45, 2.75) is 34.6 Å². The molecule has 0 fully saturated rings. The monoisotopic (exact) mass is 272 g/mol. The first-order chi connectivity index (χ1) is 8.88. The van der Waals surface area contributed by atoms with Crippen molar-refractivity contribution in [3.8, 4) is 0 Å². The third kappa shape index (κ3) is 2.87. The Morgan fingerprint density at radius 2 is 1.68 bits per heavy atom. The average Bonchev–Trinajstić information content (AvgIpc) is 2.62. The molecule has 100 valence electrons. The van der Waals surface area contributed by atoms with Crippen molar-refractivity contribution in [1.82, 2.24) is 4.98 Å². The molecule has 0 saturated heterocycles. The lowest BCUT2D eigenvalue weighted by molar-refractivity contribution is 1.19. The molecule has 1 aromatic heterocycles. The van der Waals surface area contributed by atoms with Crippen LogP contribution in [0.15, 0.2) is 18.7 Å². The second-order valence-electron chi connectivity index (χ2n) is 5.02. The Morgan fingerprint density at radius 3 is 2.16 bits per heavy atom. The van der Waals surface area contributed by atoms with Crippen LogP contribution in [-0.2, 0) is 0 Å². The van der Waals surface area contributed by atoms with Gasteiger partial charge in [-0.3, -0.25) is 0 Å². The maximum atomic E-state index is 4.45. The Kier molecular flexibility index (Phi) is 3.76. The van der Waals surface area contributed by atoms with Gasteiger partial charge in [0.15, 0.2) is 0 Å². The van der Waals surface area contributed by atoms with Gasteiger partial charge in [0.25, 0.3) is 0 Å². The molecule has 0 saturated carbocycles. The van der Waals surface area contributed by atoms with Crippen molar-refractivity contribution in [3.63, 3.8) is 0 Å². The van der Waals surface area contributed by atoms with E-state index in [1.807, 2.05) is 13.8 Å². The second-order valence-corrected chi connectivity index (χ2v) is 6.23. The van der Waals surface area contributed by atoms with Crippen LogP contribution >= 0.6 is 11.3 Å². The van der Waals surface area contributed by atoms with Crippen LogP contribution in [0.5, 0.6) is 0 Å². The lowest BCUT2D eigenvalue weighted by Gasteiger charge is -2.15. The predicted molar refractivity (Wildman–Crippen MR) is 84.9 cm³/mol. The summed E-state index contributed by atoms with van der Waals surface area (Å²) in [4.78, 5) is 5.59. The van der Waals surface area contributed by atoms with Crippen LogP contribution in [0, 0.1) is 34.6 Å². The summed E-state index contributed by atoms with van der Waals surface area (Å²) in [5.74, 6) is 0. The van der Waals surface area contributed by atoms with E-state index in [2.05, 4.69) is 49.8 Å². The summed E-state index contributed by atoms with van der Waals surface area (Å²) in [6.45, 7) is 14.6. The van der Waals surface area contributed by atoms with E-state index >= 15 is 0 Å². The van der Waals surface area contributed by atoms with E-state index in [1.54, 1.807) is 11.3 Å². The fraction of sp³-hybridized carbons (Fsp3) is 0.312. The number of benzene rings is 1. The summed E-state index contributed by atoms with van der Waals surface area (Å²) in [5.41, 5.74) is 6.91. The number of anilines is 1. The molecule has 0 atom stereocenters. The van der Waals surface area contributed by atoms with E-state index in [9.17, 15) is 0 Å². The zero-order valence-electron chi connectivity index (χ0n) is 12.2. The van der Waals surface area contributed by atoms with Gasteiger partial charge in [0, 0.05) is 5.69 Å². The molecular weight excluding hydrogens is 252 g/mol. The first-order valence-electron chi connectivity index (χ1n) is 6.36. The molecule has 0 radical (unpaired) electrons. The first kappa shape index (κ1) is 13.8. The molecule has 2 aromatic rings. The standard InChI is InChI=1S/C16H20N2S/c1-9-7-10(2)15(11(3)8-9)18-13(5)16-12(4)17-14(6)19-16/h7-8,18H,5H2,1-4,6H3. The Labute approximate surface area is 119 Å². The highest BCUT2D eigenvalue weighted by Crippen LogP contribution is 2.29. The van der Waals surface area contributed by atoms with Gasteiger partial charge in [-0.05, 0) is 45.7 Å². The van der Waals surface area contributed by atoms with E-state index in [-0.39, 0.29) is 0 Å². The quantitative estimate of drug-likeness (QED) is 0.870. The molecule has 0 amide bonds. The van der Waals surface area contributed by atoms with Crippen LogP contribution in [0.4, 0.5) is 5.69 Å². The molecule has 0 aliphatic carbocycles. The normalized spacial score (nSPS) is 10.6. The highest BCUT2D eigenvalue weighted by molar-refractivity contribution is 7.12. The number of thiazole rings is 1. The molecular formula is C16H20N2S. The number of aromatic nitrogens is 1. The van der Waals surface area contributed by atoms with Gasteiger partial charge >= 0.3 is 0 Å². The minimum absolute atomic E-state index is 0.929. The summed E-state index contributed by atoms with van der Waals surface area (Å²) in [5, 5.41) is 4.53.